The topological polar surface area (TPSA) is 68.5 Å². The molecule has 0 unspecified atom stereocenters. The van der Waals surface area contributed by atoms with E-state index in [-0.39, 0.29) is 11.8 Å². The number of rotatable bonds is 3. The zero-order valence-corrected chi connectivity index (χ0v) is 13.3. The van der Waals surface area contributed by atoms with Crippen LogP contribution in [0.3, 0.4) is 0 Å². The van der Waals surface area contributed by atoms with Crippen molar-refractivity contribution in [2.45, 2.75) is 6.10 Å². The second-order valence-electron chi connectivity index (χ2n) is 4.96. The summed E-state index contributed by atoms with van der Waals surface area (Å²) in [4.78, 5) is 16.9. The predicted molar refractivity (Wildman–Crippen MR) is 85.9 cm³/mol. The number of halogens is 1. The van der Waals surface area contributed by atoms with E-state index in [0.717, 1.165) is 10.0 Å². The molecule has 114 valence electrons. The number of hydrogen-bond donors (Lipinski definition) is 0. The van der Waals surface area contributed by atoms with Gasteiger partial charge < -0.3 is 9.64 Å². The van der Waals surface area contributed by atoms with Crippen molar-refractivity contribution < 1.29 is 9.66 Å². The minimum atomic E-state index is -0.396. The Morgan fingerprint density at radius 1 is 1.32 bits per heavy atom. The Kier molecular flexibility index (Phi) is 4.35. The Morgan fingerprint density at radius 3 is 2.82 bits per heavy atom. The molecule has 1 atom stereocenters. The van der Waals surface area contributed by atoms with Crippen molar-refractivity contribution in [3.63, 3.8) is 0 Å². The molecule has 6 nitrogen and oxygen atoms in total. The van der Waals surface area contributed by atoms with Crippen LogP contribution in [0.15, 0.2) is 47.1 Å². The van der Waals surface area contributed by atoms with Crippen LogP contribution in [0.2, 0.25) is 0 Å². The molecule has 0 aliphatic carbocycles. The molecule has 2 aromatic rings. The first-order valence-corrected chi connectivity index (χ1v) is 7.66. The fraction of sp³-hybridized carbons (Fsp3) is 0.267. The first kappa shape index (κ1) is 14.9. The van der Waals surface area contributed by atoms with Crippen LogP contribution in [0.5, 0.6) is 0 Å². The molecule has 1 aromatic heterocycles. The number of nitrogens with zero attached hydrogens (tertiary/aromatic N) is 3. The molecular weight excluding hydrogens is 350 g/mol. The first-order valence-electron chi connectivity index (χ1n) is 6.86. The van der Waals surface area contributed by atoms with Crippen molar-refractivity contribution in [2.24, 2.45) is 0 Å². The lowest BCUT2D eigenvalue weighted by Gasteiger charge is -2.33. The zero-order chi connectivity index (χ0) is 15.5. The lowest BCUT2D eigenvalue weighted by molar-refractivity contribution is -0.384. The Morgan fingerprint density at radius 2 is 2.09 bits per heavy atom. The van der Waals surface area contributed by atoms with Crippen LogP contribution in [0, 0.1) is 10.1 Å². The molecule has 0 radical (unpaired) electrons. The van der Waals surface area contributed by atoms with Crippen LogP contribution in [-0.4, -0.2) is 29.6 Å². The summed E-state index contributed by atoms with van der Waals surface area (Å²) in [5, 5.41) is 11.2. The van der Waals surface area contributed by atoms with Gasteiger partial charge in [0.25, 0.3) is 0 Å². The maximum absolute atomic E-state index is 11.2. The monoisotopic (exact) mass is 363 g/mol. The van der Waals surface area contributed by atoms with E-state index < -0.39 is 4.92 Å². The van der Waals surface area contributed by atoms with E-state index in [2.05, 4.69) is 20.9 Å². The summed E-state index contributed by atoms with van der Waals surface area (Å²) in [5.74, 6) is 0.401. The average Bonchev–Trinajstić information content (AvgIpc) is 2.55. The maximum atomic E-state index is 11.2. The minimum Gasteiger partial charge on any atom is -0.370 e. The molecule has 1 aliphatic rings. The number of benzene rings is 1. The van der Waals surface area contributed by atoms with E-state index in [9.17, 15) is 10.1 Å². The lowest BCUT2D eigenvalue weighted by atomic mass is 10.1. The summed E-state index contributed by atoms with van der Waals surface area (Å²) < 4.78 is 6.81. The summed E-state index contributed by atoms with van der Waals surface area (Å²) in [5.41, 5.74) is 1.07. The maximum Gasteiger partial charge on any atom is 0.311 e. The zero-order valence-electron chi connectivity index (χ0n) is 11.7. The third-order valence-corrected chi connectivity index (χ3v) is 4.10. The summed E-state index contributed by atoms with van der Waals surface area (Å²) in [7, 11) is 0. The summed E-state index contributed by atoms with van der Waals surface area (Å²) in [6, 6.07) is 11.0. The molecule has 2 heterocycles. The number of ether oxygens (including phenoxy) is 1. The van der Waals surface area contributed by atoms with Gasteiger partial charge in [-0.05, 0) is 23.8 Å². The van der Waals surface area contributed by atoms with Crippen LogP contribution in [0.25, 0.3) is 0 Å². The number of nitro groups is 1. The van der Waals surface area contributed by atoms with Crippen LogP contribution >= 0.6 is 15.9 Å². The van der Waals surface area contributed by atoms with Crippen LogP contribution in [0.4, 0.5) is 11.5 Å². The van der Waals surface area contributed by atoms with Gasteiger partial charge in [-0.25, -0.2) is 4.98 Å². The molecule has 1 saturated heterocycles. The fourth-order valence-electron chi connectivity index (χ4n) is 2.50. The van der Waals surface area contributed by atoms with Gasteiger partial charge in [-0.2, -0.15) is 0 Å². The highest BCUT2D eigenvalue weighted by molar-refractivity contribution is 9.10. The quantitative estimate of drug-likeness (QED) is 0.617. The number of pyridine rings is 1. The van der Waals surface area contributed by atoms with Crippen molar-refractivity contribution in [1.82, 2.24) is 4.98 Å². The molecule has 7 heteroatoms. The largest absolute Gasteiger partial charge is 0.370 e. The van der Waals surface area contributed by atoms with E-state index in [1.54, 1.807) is 12.3 Å². The van der Waals surface area contributed by atoms with Crippen molar-refractivity contribution in [3.05, 3.63) is 62.7 Å². The summed E-state index contributed by atoms with van der Waals surface area (Å²) >= 11 is 3.41. The van der Waals surface area contributed by atoms with Crippen LogP contribution in [-0.2, 0) is 4.74 Å². The van der Waals surface area contributed by atoms with Gasteiger partial charge in [-0.3, -0.25) is 10.1 Å². The number of morpholine rings is 1. The third kappa shape index (κ3) is 3.10. The van der Waals surface area contributed by atoms with Gasteiger partial charge >= 0.3 is 5.69 Å². The third-order valence-electron chi connectivity index (χ3n) is 3.57. The SMILES string of the molecule is O=[N+]([O-])c1cccnc1N1CCO[C@@H](c2ccc(Br)cc2)C1. The van der Waals surface area contributed by atoms with Crippen molar-refractivity contribution in [2.75, 3.05) is 24.6 Å². The van der Waals surface area contributed by atoms with Gasteiger partial charge in [-0.1, -0.05) is 28.1 Å². The molecule has 0 bridgehead atoms. The Labute approximate surface area is 136 Å². The van der Waals surface area contributed by atoms with Crippen molar-refractivity contribution in [1.29, 1.82) is 0 Å². The molecule has 1 aromatic carbocycles. The van der Waals surface area contributed by atoms with Gasteiger partial charge in [0.15, 0.2) is 0 Å². The molecule has 0 saturated carbocycles. The van der Waals surface area contributed by atoms with Crippen molar-refractivity contribution >= 4 is 27.4 Å². The molecule has 3 rings (SSSR count). The van der Waals surface area contributed by atoms with Gasteiger partial charge in [-0.15, -0.1) is 0 Å². The molecule has 0 amide bonds. The van der Waals surface area contributed by atoms with Gasteiger partial charge in [0.1, 0.15) is 6.10 Å². The van der Waals surface area contributed by atoms with Gasteiger partial charge in [0.05, 0.1) is 18.1 Å². The summed E-state index contributed by atoms with van der Waals surface area (Å²) in [6.45, 7) is 1.64. The highest BCUT2D eigenvalue weighted by atomic mass is 79.9. The number of aromatic nitrogens is 1. The molecule has 0 spiro atoms. The lowest BCUT2D eigenvalue weighted by Crippen LogP contribution is -2.39. The van der Waals surface area contributed by atoms with E-state index in [0.29, 0.717) is 25.5 Å². The Hall–Kier alpha value is -1.99. The molecular formula is C15H14BrN3O3. The highest BCUT2D eigenvalue weighted by Gasteiger charge is 2.27. The Balaban J connectivity index is 1.84. The smallest absolute Gasteiger partial charge is 0.311 e. The minimum absolute atomic E-state index is 0.0268. The molecule has 0 N–H and O–H groups in total. The number of anilines is 1. The highest BCUT2D eigenvalue weighted by Crippen LogP contribution is 2.30. The second kappa shape index (κ2) is 6.41. The average molecular weight is 364 g/mol. The van der Waals surface area contributed by atoms with Crippen LogP contribution < -0.4 is 4.90 Å². The number of hydrogen-bond acceptors (Lipinski definition) is 5. The molecule has 22 heavy (non-hydrogen) atoms. The molecule has 1 fully saturated rings. The normalized spacial score (nSPS) is 18.2. The van der Waals surface area contributed by atoms with Crippen molar-refractivity contribution in [3.8, 4) is 0 Å². The second-order valence-corrected chi connectivity index (χ2v) is 5.88. The fourth-order valence-corrected chi connectivity index (χ4v) is 2.76. The molecule has 1 aliphatic heterocycles. The first-order chi connectivity index (χ1) is 10.6. The van der Waals surface area contributed by atoms with E-state index >= 15 is 0 Å². The van der Waals surface area contributed by atoms with Crippen LogP contribution in [0.1, 0.15) is 11.7 Å². The van der Waals surface area contributed by atoms with E-state index in [4.69, 9.17) is 4.74 Å². The van der Waals surface area contributed by atoms with Gasteiger partial charge in [0, 0.05) is 23.3 Å². The van der Waals surface area contributed by atoms with Gasteiger partial charge in [0.2, 0.25) is 5.82 Å². The Bertz CT molecular complexity index is 678. The van der Waals surface area contributed by atoms with E-state index in [1.807, 2.05) is 29.2 Å². The predicted octanol–water partition coefficient (Wildman–Crippen LogP) is 3.33. The summed E-state index contributed by atoms with van der Waals surface area (Å²) in [6.07, 6.45) is 1.45. The standard InChI is InChI=1S/C15H14BrN3O3/c16-12-5-3-11(4-6-12)14-10-18(8-9-22-14)15-13(19(20)21)2-1-7-17-15/h1-7,14H,8-10H2/t14-/m1/s1. The van der Waals surface area contributed by atoms with E-state index in [1.165, 1.54) is 6.07 Å².